The highest BCUT2D eigenvalue weighted by molar-refractivity contribution is 5.79. The summed E-state index contributed by atoms with van der Waals surface area (Å²) >= 11 is 0. The van der Waals surface area contributed by atoms with Crippen LogP contribution in [0.25, 0.3) is 33.5 Å². The SMILES string of the molecule is Fc1cc(-c2cnc3ncc(C4(c5ccc6ncccc6c5)CC4)n3c2)ccc1-n1cccn1. The molecule has 0 N–H and O–H groups in total. The first-order valence-electron chi connectivity index (χ1n) is 11.2. The largest absolute Gasteiger partial charge is 0.287 e. The van der Waals surface area contributed by atoms with Crippen molar-refractivity contribution in [3.63, 3.8) is 0 Å². The zero-order valence-corrected chi connectivity index (χ0v) is 18.1. The van der Waals surface area contributed by atoms with Gasteiger partial charge in [-0.15, -0.1) is 0 Å². The van der Waals surface area contributed by atoms with Crippen LogP contribution < -0.4 is 0 Å². The lowest BCUT2D eigenvalue weighted by molar-refractivity contribution is 0.611. The Morgan fingerprint density at radius 3 is 2.59 bits per heavy atom. The Hall–Kier alpha value is -4.39. The van der Waals surface area contributed by atoms with Crippen LogP contribution in [0.2, 0.25) is 0 Å². The molecular weight excluding hydrogens is 427 g/mol. The molecule has 34 heavy (non-hydrogen) atoms. The number of benzene rings is 2. The van der Waals surface area contributed by atoms with Crippen molar-refractivity contribution in [2.24, 2.45) is 0 Å². The van der Waals surface area contributed by atoms with Crippen LogP contribution in [0.1, 0.15) is 24.1 Å². The van der Waals surface area contributed by atoms with Gasteiger partial charge in [0, 0.05) is 47.3 Å². The van der Waals surface area contributed by atoms with Crippen LogP contribution in [-0.2, 0) is 5.41 Å². The van der Waals surface area contributed by atoms with Gasteiger partial charge in [-0.1, -0.05) is 18.2 Å². The summed E-state index contributed by atoms with van der Waals surface area (Å²) in [6.45, 7) is 0. The Balaban J connectivity index is 1.32. The number of nitrogens with zero attached hydrogens (tertiary/aromatic N) is 6. The zero-order chi connectivity index (χ0) is 22.7. The molecule has 6 nitrogen and oxygen atoms in total. The molecule has 164 valence electrons. The fourth-order valence-corrected chi connectivity index (χ4v) is 4.85. The molecule has 7 rings (SSSR count). The van der Waals surface area contributed by atoms with Crippen molar-refractivity contribution in [1.29, 1.82) is 0 Å². The number of hydrogen-bond acceptors (Lipinski definition) is 4. The van der Waals surface area contributed by atoms with Crippen LogP contribution in [-0.4, -0.2) is 29.1 Å². The molecule has 7 heteroatoms. The van der Waals surface area contributed by atoms with Gasteiger partial charge in [0.1, 0.15) is 11.5 Å². The third-order valence-corrected chi connectivity index (χ3v) is 6.79. The lowest BCUT2D eigenvalue weighted by atomic mass is 9.91. The van der Waals surface area contributed by atoms with Gasteiger partial charge in [-0.25, -0.2) is 19.0 Å². The first-order chi connectivity index (χ1) is 16.7. The molecule has 1 fully saturated rings. The van der Waals surface area contributed by atoms with Gasteiger partial charge in [0.05, 0.1) is 17.4 Å². The summed E-state index contributed by atoms with van der Waals surface area (Å²) < 4.78 is 18.4. The second-order valence-electron chi connectivity index (χ2n) is 8.77. The molecule has 0 amide bonds. The summed E-state index contributed by atoms with van der Waals surface area (Å²) in [5.41, 5.74) is 5.25. The van der Waals surface area contributed by atoms with Gasteiger partial charge >= 0.3 is 0 Å². The fourth-order valence-electron chi connectivity index (χ4n) is 4.85. The Kier molecular flexibility index (Phi) is 3.96. The van der Waals surface area contributed by atoms with E-state index in [1.54, 1.807) is 30.7 Å². The summed E-state index contributed by atoms with van der Waals surface area (Å²) in [6.07, 6.45) is 12.9. The average molecular weight is 446 g/mol. The van der Waals surface area contributed by atoms with Crippen LogP contribution in [0.4, 0.5) is 4.39 Å². The molecule has 0 atom stereocenters. The zero-order valence-electron chi connectivity index (χ0n) is 18.1. The summed E-state index contributed by atoms with van der Waals surface area (Å²) in [4.78, 5) is 13.6. The second kappa shape index (κ2) is 7.05. The lowest BCUT2D eigenvalue weighted by Gasteiger charge is -2.17. The predicted octanol–water partition coefficient (Wildman–Crippen LogP) is 5.35. The van der Waals surface area contributed by atoms with E-state index in [-0.39, 0.29) is 11.2 Å². The van der Waals surface area contributed by atoms with E-state index < -0.39 is 0 Å². The molecular formula is C27H19FN6. The number of hydrogen-bond donors (Lipinski definition) is 0. The van der Waals surface area contributed by atoms with Gasteiger partial charge < -0.3 is 0 Å². The molecule has 0 bridgehead atoms. The number of rotatable bonds is 4. The molecule has 0 aliphatic heterocycles. The average Bonchev–Trinajstić information content (AvgIpc) is 3.28. The highest BCUT2D eigenvalue weighted by atomic mass is 19.1. The van der Waals surface area contributed by atoms with Crippen molar-refractivity contribution in [2.75, 3.05) is 0 Å². The molecule has 0 spiro atoms. The first kappa shape index (κ1) is 19.1. The molecule has 4 heterocycles. The van der Waals surface area contributed by atoms with E-state index in [1.165, 1.54) is 16.3 Å². The van der Waals surface area contributed by atoms with Crippen molar-refractivity contribution in [2.45, 2.75) is 18.3 Å². The third kappa shape index (κ3) is 2.86. The van der Waals surface area contributed by atoms with E-state index in [2.05, 4.69) is 48.7 Å². The van der Waals surface area contributed by atoms with Gasteiger partial charge in [-0.2, -0.15) is 5.10 Å². The topological polar surface area (TPSA) is 60.9 Å². The van der Waals surface area contributed by atoms with Gasteiger partial charge in [0.15, 0.2) is 0 Å². The third-order valence-electron chi connectivity index (χ3n) is 6.79. The van der Waals surface area contributed by atoms with Crippen LogP contribution in [0.3, 0.4) is 0 Å². The Morgan fingerprint density at radius 1 is 0.853 bits per heavy atom. The summed E-state index contributed by atoms with van der Waals surface area (Å²) in [5.74, 6) is 0.303. The minimum atomic E-state index is -0.337. The summed E-state index contributed by atoms with van der Waals surface area (Å²) in [5, 5.41) is 5.26. The monoisotopic (exact) mass is 446 g/mol. The molecule has 0 unspecified atom stereocenters. The van der Waals surface area contributed by atoms with E-state index >= 15 is 0 Å². The molecule has 1 aliphatic rings. The van der Waals surface area contributed by atoms with E-state index in [0.717, 1.165) is 40.6 Å². The summed E-state index contributed by atoms with van der Waals surface area (Å²) in [7, 11) is 0. The van der Waals surface area contributed by atoms with Gasteiger partial charge in [0.2, 0.25) is 5.78 Å². The number of fused-ring (bicyclic) bond motifs is 2. The van der Waals surface area contributed by atoms with Crippen LogP contribution in [0.5, 0.6) is 0 Å². The van der Waals surface area contributed by atoms with Crippen molar-refractivity contribution >= 4 is 16.7 Å². The predicted molar refractivity (Wildman–Crippen MR) is 127 cm³/mol. The van der Waals surface area contributed by atoms with Crippen LogP contribution in [0.15, 0.2) is 91.8 Å². The summed E-state index contributed by atoms with van der Waals surface area (Å²) in [6, 6.07) is 17.5. The Bertz CT molecular complexity index is 1680. The maximum Gasteiger partial charge on any atom is 0.233 e. The highest BCUT2D eigenvalue weighted by Gasteiger charge is 2.48. The van der Waals surface area contributed by atoms with Gasteiger partial charge in [-0.05, 0) is 60.4 Å². The molecule has 0 saturated heterocycles. The van der Waals surface area contributed by atoms with E-state index in [0.29, 0.717) is 11.5 Å². The number of imidazole rings is 1. The molecule has 4 aromatic heterocycles. The van der Waals surface area contributed by atoms with Crippen molar-refractivity contribution in [1.82, 2.24) is 29.1 Å². The van der Waals surface area contributed by atoms with E-state index in [9.17, 15) is 4.39 Å². The Morgan fingerprint density at radius 2 is 1.76 bits per heavy atom. The minimum Gasteiger partial charge on any atom is -0.287 e. The first-order valence-corrected chi connectivity index (χ1v) is 11.2. The number of pyridine rings is 1. The maximum absolute atomic E-state index is 14.9. The standard InChI is InChI=1S/C27H19FN6/c28-22-14-18(4-7-24(22)34-12-2-11-32-34)20-15-30-26-31-16-25(33(26)17-20)27(8-9-27)21-5-6-23-19(13-21)3-1-10-29-23/h1-7,10-17H,8-9H2. The molecule has 0 radical (unpaired) electrons. The van der Waals surface area contributed by atoms with Crippen molar-refractivity contribution in [3.05, 3.63) is 109 Å². The molecule has 2 aromatic carbocycles. The normalized spacial score (nSPS) is 14.6. The van der Waals surface area contributed by atoms with Gasteiger partial charge in [0.25, 0.3) is 0 Å². The van der Waals surface area contributed by atoms with Crippen molar-refractivity contribution < 1.29 is 4.39 Å². The second-order valence-corrected chi connectivity index (χ2v) is 8.77. The Labute approximate surface area is 194 Å². The molecule has 1 saturated carbocycles. The number of aromatic nitrogens is 6. The highest BCUT2D eigenvalue weighted by Crippen LogP contribution is 2.53. The van der Waals surface area contributed by atoms with Gasteiger partial charge in [-0.3, -0.25) is 9.38 Å². The quantitative estimate of drug-likeness (QED) is 0.366. The molecule has 6 aromatic rings. The maximum atomic E-state index is 14.9. The van der Waals surface area contributed by atoms with E-state index in [4.69, 9.17) is 0 Å². The van der Waals surface area contributed by atoms with Crippen LogP contribution >= 0.6 is 0 Å². The van der Waals surface area contributed by atoms with Crippen molar-refractivity contribution in [3.8, 4) is 16.8 Å². The minimum absolute atomic E-state index is 0.0983. The van der Waals surface area contributed by atoms with E-state index in [1.807, 2.05) is 30.7 Å². The lowest BCUT2D eigenvalue weighted by Crippen LogP contribution is -2.12. The van der Waals surface area contributed by atoms with Crippen LogP contribution in [0, 0.1) is 5.82 Å². The smallest absolute Gasteiger partial charge is 0.233 e. The number of halogens is 1. The molecule has 1 aliphatic carbocycles. The fraction of sp³-hybridized carbons (Fsp3) is 0.111.